The van der Waals surface area contributed by atoms with Gasteiger partial charge in [0.05, 0.1) is 0 Å². The fourth-order valence-electron chi connectivity index (χ4n) is 4.92. The number of hydrogen-bond acceptors (Lipinski definition) is 4. The monoisotopic (exact) mass is 585 g/mol. The normalized spacial score (nSPS) is 13.0. The lowest BCUT2D eigenvalue weighted by atomic mass is 9.87. The molecule has 1 aliphatic rings. The van der Waals surface area contributed by atoms with E-state index in [4.69, 9.17) is 24.5 Å². The number of aliphatic carboxylic acids is 2. The van der Waals surface area contributed by atoms with Crippen LogP contribution in [0.25, 0.3) is 11.1 Å². The van der Waals surface area contributed by atoms with Crippen LogP contribution in [0.2, 0.25) is 0 Å². The van der Waals surface area contributed by atoms with E-state index in [2.05, 4.69) is 35.2 Å². The Bertz CT molecular complexity index is 1450. The summed E-state index contributed by atoms with van der Waals surface area (Å²) in [5.74, 6) is -2.15. The van der Waals surface area contributed by atoms with E-state index >= 15 is 0 Å². The zero-order chi connectivity index (χ0) is 30.6. The minimum atomic E-state index is -1.82. The van der Waals surface area contributed by atoms with E-state index in [-0.39, 0.29) is 17.6 Å². The molecule has 1 aliphatic heterocycles. The predicted octanol–water partition coefficient (Wildman–Crippen LogP) is 7.37. The van der Waals surface area contributed by atoms with Crippen LogP contribution < -0.4 is 4.74 Å². The smallest absolute Gasteiger partial charge is 0.414 e. The number of rotatable bonds is 9. The Kier molecular flexibility index (Phi) is 11.2. The van der Waals surface area contributed by atoms with E-state index in [1.54, 1.807) is 0 Å². The predicted molar refractivity (Wildman–Crippen MR) is 161 cm³/mol. The summed E-state index contributed by atoms with van der Waals surface area (Å²) in [4.78, 5) is 20.6. The Morgan fingerprint density at radius 2 is 1.28 bits per heavy atom. The molecule has 0 amide bonds. The molecule has 0 radical (unpaired) electrons. The first-order valence-electron chi connectivity index (χ1n) is 14.0. The van der Waals surface area contributed by atoms with Gasteiger partial charge in [0.1, 0.15) is 23.1 Å². The van der Waals surface area contributed by atoms with Crippen LogP contribution in [0.15, 0.2) is 115 Å². The summed E-state index contributed by atoms with van der Waals surface area (Å²) in [6.45, 7) is 2.77. The summed E-state index contributed by atoms with van der Waals surface area (Å²) < 4.78 is 33.1. The van der Waals surface area contributed by atoms with Crippen molar-refractivity contribution in [3.05, 3.63) is 138 Å². The number of benzene rings is 4. The van der Waals surface area contributed by atoms with Crippen LogP contribution in [-0.4, -0.2) is 46.7 Å². The highest BCUT2D eigenvalue weighted by molar-refractivity contribution is 6.27. The Labute approximate surface area is 249 Å². The maximum absolute atomic E-state index is 13.5. The average molecular weight is 586 g/mol. The standard InChI is InChI=1S/C33H31F2NO.C2H2O4/c34-29-14-8-27(9-15-29)33(28-10-16-30(35)17-11-28)7-4-22-36-23-20-32(21-24-36)37-31-18-12-26(13-19-31)25-5-2-1-3-6-25;3-1(4)2(5)6/h1-3,5-6,8-20,33H,4,7,21-24H2;(H,3,4)(H,5,6). The third kappa shape index (κ3) is 9.61. The molecule has 0 atom stereocenters. The fourth-order valence-corrected chi connectivity index (χ4v) is 4.92. The molecule has 43 heavy (non-hydrogen) atoms. The first-order valence-corrected chi connectivity index (χ1v) is 14.0. The maximum atomic E-state index is 13.5. The number of carbonyl (C=O) groups is 2. The van der Waals surface area contributed by atoms with Crippen molar-refractivity contribution in [3.63, 3.8) is 0 Å². The van der Waals surface area contributed by atoms with Gasteiger partial charge in [0.25, 0.3) is 0 Å². The van der Waals surface area contributed by atoms with Crippen molar-refractivity contribution in [1.29, 1.82) is 0 Å². The second kappa shape index (κ2) is 15.4. The van der Waals surface area contributed by atoms with Crippen LogP contribution >= 0.6 is 0 Å². The molecule has 0 aromatic heterocycles. The number of carboxylic acid groups (broad SMARTS) is 2. The molecule has 0 spiro atoms. The minimum Gasteiger partial charge on any atom is -0.473 e. The van der Waals surface area contributed by atoms with E-state index < -0.39 is 11.9 Å². The second-order valence-electron chi connectivity index (χ2n) is 10.1. The molecule has 0 aliphatic carbocycles. The van der Waals surface area contributed by atoms with E-state index in [1.807, 2.05) is 54.6 Å². The van der Waals surface area contributed by atoms with E-state index in [1.165, 1.54) is 35.4 Å². The molecule has 4 aromatic rings. The van der Waals surface area contributed by atoms with Crippen LogP contribution in [0.3, 0.4) is 0 Å². The van der Waals surface area contributed by atoms with Gasteiger partial charge >= 0.3 is 11.9 Å². The number of nitrogens with zero attached hydrogens (tertiary/aromatic N) is 1. The summed E-state index contributed by atoms with van der Waals surface area (Å²) in [5, 5.41) is 14.8. The second-order valence-corrected chi connectivity index (χ2v) is 10.1. The Morgan fingerprint density at radius 3 is 1.77 bits per heavy atom. The van der Waals surface area contributed by atoms with Gasteiger partial charge in [-0.2, -0.15) is 0 Å². The zero-order valence-corrected chi connectivity index (χ0v) is 23.5. The SMILES string of the molecule is Fc1ccc(C(CCCN2CC=C(Oc3ccc(-c4ccccc4)cc3)CC2)c2ccc(F)cc2)cc1.O=C(O)C(=O)O. The minimum absolute atomic E-state index is 0.110. The molecular weight excluding hydrogens is 552 g/mol. The molecule has 0 saturated carbocycles. The lowest BCUT2D eigenvalue weighted by molar-refractivity contribution is -0.159. The summed E-state index contributed by atoms with van der Waals surface area (Å²) in [5.41, 5.74) is 4.49. The fraction of sp³-hybridized carbons (Fsp3) is 0.200. The lowest BCUT2D eigenvalue weighted by Crippen LogP contribution is -2.30. The molecular formula is C35H33F2NO5. The van der Waals surface area contributed by atoms with Crippen molar-refractivity contribution in [2.45, 2.75) is 25.2 Å². The van der Waals surface area contributed by atoms with Crippen molar-refractivity contribution in [2.75, 3.05) is 19.6 Å². The summed E-state index contributed by atoms with van der Waals surface area (Å²) >= 11 is 0. The maximum Gasteiger partial charge on any atom is 0.414 e. The van der Waals surface area contributed by atoms with Gasteiger partial charge in [-0.25, -0.2) is 18.4 Å². The molecule has 0 fully saturated rings. The Hall–Kier alpha value is -4.82. The van der Waals surface area contributed by atoms with Gasteiger partial charge in [-0.1, -0.05) is 66.7 Å². The molecule has 222 valence electrons. The molecule has 6 nitrogen and oxygen atoms in total. The van der Waals surface area contributed by atoms with Crippen molar-refractivity contribution in [2.24, 2.45) is 0 Å². The van der Waals surface area contributed by atoms with Gasteiger partial charge in [-0.3, -0.25) is 4.90 Å². The van der Waals surface area contributed by atoms with Gasteiger partial charge in [0, 0.05) is 25.4 Å². The van der Waals surface area contributed by atoms with Gasteiger partial charge in [0.2, 0.25) is 0 Å². The van der Waals surface area contributed by atoms with Gasteiger partial charge in [-0.05, 0) is 84.1 Å². The van der Waals surface area contributed by atoms with E-state index in [0.717, 1.165) is 61.5 Å². The lowest BCUT2D eigenvalue weighted by Gasteiger charge is -2.27. The van der Waals surface area contributed by atoms with Crippen LogP contribution in [0.5, 0.6) is 5.75 Å². The zero-order valence-electron chi connectivity index (χ0n) is 23.5. The quantitative estimate of drug-likeness (QED) is 0.200. The number of hydrogen-bond donors (Lipinski definition) is 2. The topological polar surface area (TPSA) is 87.1 Å². The molecule has 5 rings (SSSR count). The van der Waals surface area contributed by atoms with E-state index in [0.29, 0.717) is 0 Å². The highest BCUT2D eigenvalue weighted by atomic mass is 19.1. The molecule has 0 saturated heterocycles. The Morgan fingerprint density at radius 1 is 0.744 bits per heavy atom. The van der Waals surface area contributed by atoms with E-state index in [9.17, 15) is 8.78 Å². The summed E-state index contributed by atoms with van der Waals surface area (Å²) in [6.07, 6.45) is 4.95. The largest absolute Gasteiger partial charge is 0.473 e. The third-order valence-corrected chi connectivity index (χ3v) is 7.16. The highest BCUT2D eigenvalue weighted by Crippen LogP contribution is 2.30. The van der Waals surface area contributed by atoms with Crippen LogP contribution in [0, 0.1) is 11.6 Å². The van der Waals surface area contributed by atoms with Crippen LogP contribution in [0.1, 0.15) is 36.3 Å². The van der Waals surface area contributed by atoms with Gasteiger partial charge in [0.15, 0.2) is 0 Å². The van der Waals surface area contributed by atoms with Crippen molar-refractivity contribution >= 4 is 11.9 Å². The first-order chi connectivity index (χ1) is 20.8. The number of halogens is 2. The molecule has 2 N–H and O–H groups in total. The van der Waals surface area contributed by atoms with Crippen molar-refractivity contribution in [1.82, 2.24) is 4.90 Å². The van der Waals surface area contributed by atoms with Crippen molar-refractivity contribution < 1.29 is 33.3 Å². The third-order valence-electron chi connectivity index (χ3n) is 7.16. The van der Waals surface area contributed by atoms with Crippen molar-refractivity contribution in [3.8, 4) is 16.9 Å². The molecule has 4 aromatic carbocycles. The molecule has 8 heteroatoms. The molecule has 0 unspecified atom stereocenters. The Balaban J connectivity index is 0.000000641. The van der Waals surface area contributed by atoms with Crippen LogP contribution in [0.4, 0.5) is 8.78 Å². The molecule has 0 bridgehead atoms. The summed E-state index contributed by atoms with van der Waals surface area (Å²) in [6, 6.07) is 31.9. The average Bonchev–Trinajstić information content (AvgIpc) is 3.02. The molecule has 1 heterocycles. The highest BCUT2D eigenvalue weighted by Gasteiger charge is 2.17. The van der Waals surface area contributed by atoms with Crippen LogP contribution in [-0.2, 0) is 9.59 Å². The van der Waals surface area contributed by atoms with Gasteiger partial charge in [-0.15, -0.1) is 0 Å². The van der Waals surface area contributed by atoms with Gasteiger partial charge < -0.3 is 14.9 Å². The summed E-state index contributed by atoms with van der Waals surface area (Å²) in [7, 11) is 0. The number of ether oxygens (including phenoxy) is 1. The first kappa shape index (κ1) is 31.1. The number of carboxylic acids is 2.